The van der Waals surface area contributed by atoms with Crippen molar-refractivity contribution in [2.75, 3.05) is 14.2 Å². The fourth-order valence-electron chi connectivity index (χ4n) is 4.81. The SMILES string of the molecule is CCC1=C(C(=O)OC)[C@H](c2ccccc2)n2c(s/c(=C\c3cc(OC)c(OCc4cccc([N+](=O)[O-])c4)cc3Br)c2=O)=N1. The van der Waals surface area contributed by atoms with Crippen molar-refractivity contribution in [3.8, 4) is 11.5 Å². The Labute approximate surface area is 258 Å². The first-order valence-corrected chi connectivity index (χ1v) is 14.8. The van der Waals surface area contributed by atoms with Crippen LogP contribution in [0.3, 0.4) is 0 Å². The number of methoxy groups -OCH3 is 2. The van der Waals surface area contributed by atoms with Crippen molar-refractivity contribution in [3.63, 3.8) is 0 Å². The van der Waals surface area contributed by atoms with E-state index in [1.807, 2.05) is 37.3 Å². The third-order valence-corrected chi connectivity index (χ3v) is 8.52. The molecule has 0 N–H and O–H groups in total. The lowest BCUT2D eigenvalue weighted by atomic mass is 9.95. The van der Waals surface area contributed by atoms with Crippen molar-refractivity contribution in [3.05, 3.63) is 129 Å². The molecule has 12 heteroatoms. The van der Waals surface area contributed by atoms with Gasteiger partial charge in [0.15, 0.2) is 16.3 Å². The van der Waals surface area contributed by atoms with Crippen molar-refractivity contribution in [1.29, 1.82) is 0 Å². The molecule has 0 aliphatic carbocycles. The Hall–Kier alpha value is -4.55. The van der Waals surface area contributed by atoms with Gasteiger partial charge in [-0.2, -0.15) is 0 Å². The summed E-state index contributed by atoms with van der Waals surface area (Å²) >= 11 is 4.80. The Morgan fingerprint density at radius 3 is 2.56 bits per heavy atom. The molecule has 1 aromatic heterocycles. The minimum absolute atomic E-state index is 0.0228. The van der Waals surface area contributed by atoms with Gasteiger partial charge in [-0.25, -0.2) is 9.79 Å². The molecule has 2 heterocycles. The average molecular weight is 665 g/mol. The molecule has 0 unspecified atom stereocenters. The molecule has 0 bridgehead atoms. The van der Waals surface area contributed by atoms with E-state index < -0.39 is 16.9 Å². The Bertz CT molecular complexity index is 1930. The summed E-state index contributed by atoms with van der Waals surface area (Å²) in [5, 5.41) is 11.1. The maximum absolute atomic E-state index is 13.9. The fourth-order valence-corrected chi connectivity index (χ4v) is 6.26. The van der Waals surface area contributed by atoms with Crippen LogP contribution in [0.1, 0.15) is 36.1 Å². The number of nitro benzene ring substituents is 1. The largest absolute Gasteiger partial charge is 0.493 e. The van der Waals surface area contributed by atoms with Crippen molar-refractivity contribution in [2.45, 2.75) is 26.0 Å². The number of ether oxygens (including phenoxy) is 3. The van der Waals surface area contributed by atoms with Gasteiger partial charge in [0.1, 0.15) is 6.61 Å². The van der Waals surface area contributed by atoms with Crippen LogP contribution in [0.4, 0.5) is 5.69 Å². The molecule has 0 spiro atoms. The first kappa shape index (κ1) is 29.9. The number of esters is 1. The minimum atomic E-state index is -0.690. The lowest BCUT2D eigenvalue weighted by Crippen LogP contribution is -2.40. The van der Waals surface area contributed by atoms with Gasteiger partial charge in [0.2, 0.25) is 0 Å². The van der Waals surface area contributed by atoms with Gasteiger partial charge < -0.3 is 14.2 Å². The highest BCUT2D eigenvalue weighted by Gasteiger charge is 2.33. The number of allylic oxidation sites excluding steroid dienone is 1. The summed E-state index contributed by atoms with van der Waals surface area (Å²) in [6.45, 7) is 1.99. The van der Waals surface area contributed by atoms with Gasteiger partial charge in [-0.05, 0) is 41.3 Å². The molecule has 0 amide bonds. The number of fused-ring (bicyclic) bond motifs is 1. The molecule has 0 saturated carbocycles. The monoisotopic (exact) mass is 663 g/mol. The van der Waals surface area contributed by atoms with Crippen LogP contribution in [0.25, 0.3) is 6.08 Å². The number of carbonyl (C=O) groups is 1. The summed E-state index contributed by atoms with van der Waals surface area (Å²) < 4.78 is 19.2. The highest BCUT2D eigenvalue weighted by molar-refractivity contribution is 9.10. The molecule has 3 aromatic carbocycles. The summed E-state index contributed by atoms with van der Waals surface area (Å²) in [5.74, 6) is 0.298. The predicted molar refractivity (Wildman–Crippen MR) is 165 cm³/mol. The second-order valence-electron chi connectivity index (χ2n) is 9.44. The van der Waals surface area contributed by atoms with E-state index in [0.29, 0.717) is 54.1 Å². The maximum atomic E-state index is 13.9. The number of hydrogen-bond acceptors (Lipinski definition) is 9. The lowest BCUT2D eigenvalue weighted by Gasteiger charge is -2.25. The van der Waals surface area contributed by atoms with Crippen LogP contribution in [0.15, 0.2) is 92.3 Å². The Kier molecular flexibility index (Phi) is 8.88. The molecule has 0 saturated heterocycles. The van der Waals surface area contributed by atoms with Crippen molar-refractivity contribution in [1.82, 2.24) is 4.57 Å². The van der Waals surface area contributed by atoms with E-state index in [1.165, 1.54) is 37.7 Å². The molecule has 0 radical (unpaired) electrons. The van der Waals surface area contributed by atoms with Crippen LogP contribution in [0.5, 0.6) is 11.5 Å². The Morgan fingerprint density at radius 2 is 1.88 bits per heavy atom. The number of thiazole rings is 1. The second-order valence-corrected chi connectivity index (χ2v) is 11.3. The summed E-state index contributed by atoms with van der Waals surface area (Å²) in [7, 11) is 2.82. The van der Waals surface area contributed by atoms with E-state index in [2.05, 4.69) is 15.9 Å². The van der Waals surface area contributed by atoms with Crippen LogP contribution in [0.2, 0.25) is 0 Å². The smallest absolute Gasteiger partial charge is 0.338 e. The summed E-state index contributed by atoms with van der Waals surface area (Å²) in [6, 6.07) is 18.3. The van der Waals surface area contributed by atoms with Crippen LogP contribution in [0, 0.1) is 10.1 Å². The number of non-ortho nitro benzene ring substituents is 1. The average Bonchev–Trinajstić information content (AvgIpc) is 3.34. The Balaban J connectivity index is 1.56. The van der Waals surface area contributed by atoms with E-state index >= 15 is 0 Å². The number of nitro groups is 1. The van der Waals surface area contributed by atoms with Gasteiger partial charge in [-0.1, -0.05) is 76.7 Å². The fraction of sp³-hybridized carbons (Fsp3) is 0.194. The summed E-state index contributed by atoms with van der Waals surface area (Å²) in [6.07, 6.45) is 2.22. The molecule has 4 aromatic rings. The van der Waals surface area contributed by atoms with Crippen LogP contribution < -0.4 is 24.4 Å². The summed E-state index contributed by atoms with van der Waals surface area (Å²) in [4.78, 5) is 42.7. The van der Waals surface area contributed by atoms with Gasteiger partial charge in [-0.15, -0.1) is 0 Å². The number of halogens is 1. The van der Waals surface area contributed by atoms with Gasteiger partial charge in [0.05, 0.1) is 41.0 Å². The first-order chi connectivity index (χ1) is 20.7. The third-order valence-electron chi connectivity index (χ3n) is 6.85. The molecule has 1 aliphatic rings. The molecule has 1 atom stereocenters. The lowest BCUT2D eigenvalue weighted by molar-refractivity contribution is -0.384. The number of carbonyl (C=O) groups excluding carboxylic acids is 1. The number of benzene rings is 3. The third kappa shape index (κ3) is 6.02. The zero-order valence-electron chi connectivity index (χ0n) is 23.4. The molecule has 10 nitrogen and oxygen atoms in total. The number of hydrogen-bond donors (Lipinski definition) is 0. The van der Waals surface area contributed by atoms with Crippen LogP contribution >= 0.6 is 27.3 Å². The second kappa shape index (κ2) is 12.8. The topological polar surface area (TPSA) is 122 Å². The minimum Gasteiger partial charge on any atom is -0.493 e. The van der Waals surface area contributed by atoms with Crippen molar-refractivity contribution < 1.29 is 23.9 Å². The zero-order chi connectivity index (χ0) is 30.7. The molecular formula is C31H26BrN3O7S. The standard InChI is InChI=1S/C31H26BrN3O7S/c1-4-23-27(30(37)41-3)28(19-10-6-5-7-11-19)34-29(36)26(43-31(34)33-23)15-20-14-24(40-2)25(16-22(20)32)42-17-18-9-8-12-21(13-18)35(38)39/h5-16,28H,4,17H2,1-3H3/b26-15-/t28-/m0/s1. The Morgan fingerprint density at radius 1 is 1.12 bits per heavy atom. The molecule has 1 aliphatic heterocycles. The van der Waals surface area contributed by atoms with Gasteiger partial charge >= 0.3 is 5.97 Å². The van der Waals surface area contributed by atoms with E-state index in [1.54, 1.807) is 34.9 Å². The van der Waals surface area contributed by atoms with Gasteiger partial charge in [-0.3, -0.25) is 19.5 Å². The predicted octanol–water partition coefficient (Wildman–Crippen LogP) is 5.06. The molecule has 43 heavy (non-hydrogen) atoms. The van der Waals surface area contributed by atoms with Gasteiger partial charge in [0, 0.05) is 16.6 Å². The van der Waals surface area contributed by atoms with Crippen molar-refractivity contribution in [2.24, 2.45) is 4.99 Å². The van der Waals surface area contributed by atoms with Gasteiger partial charge in [0.25, 0.3) is 11.2 Å². The molecule has 0 fully saturated rings. The van der Waals surface area contributed by atoms with Crippen LogP contribution in [-0.4, -0.2) is 29.7 Å². The summed E-state index contributed by atoms with van der Waals surface area (Å²) in [5.41, 5.74) is 2.64. The van der Waals surface area contributed by atoms with Crippen LogP contribution in [-0.2, 0) is 16.1 Å². The molecule has 5 rings (SSSR count). The highest BCUT2D eigenvalue weighted by Crippen LogP contribution is 2.35. The van der Waals surface area contributed by atoms with E-state index in [4.69, 9.17) is 19.2 Å². The first-order valence-electron chi connectivity index (χ1n) is 13.2. The zero-order valence-corrected chi connectivity index (χ0v) is 25.8. The normalized spacial score (nSPS) is 14.6. The highest BCUT2D eigenvalue weighted by atomic mass is 79.9. The van der Waals surface area contributed by atoms with Crippen molar-refractivity contribution >= 4 is 45.0 Å². The number of aromatic nitrogens is 1. The molecule has 220 valence electrons. The quantitative estimate of drug-likeness (QED) is 0.139. The van der Waals surface area contributed by atoms with E-state index in [-0.39, 0.29) is 17.9 Å². The number of nitrogens with zero attached hydrogens (tertiary/aromatic N) is 3. The van der Waals surface area contributed by atoms with E-state index in [9.17, 15) is 19.7 Å². The maximum Gasteiger partial charge on any atom is 0.338 e. The number of rotatable bonds is 9. The molecular weight excluding hydrogens is 638 g/mol. The van der Waals surface area contributed by atoms with E-state index in [0.717, 1.165) is 5.56 Å².